The van der Waals surface area contributed by atoms with E-state index in [0.29, 0.717) is 54.5 Å². The minimum absolute atomic E-state index is 0.0621. The molecule has 2 aromatic carbocycles. The Morgan fingerprint density at radius 1 is 1.02 bits per heavy atom. The lowest BCUT2D eigenvalue weighted by atomic mass is 9.94. The van der Waals surface area contributed by atoms with Crippen molar-refractivity contribution in [2.75, 3.05) is 46.4 Å². The first-order valence-electron chi connectivity index (χ1n) is 13.8. The molecule has 0 saturated carbocycles. The average molecular weight is 550 g/mol. The first-order valence-corrected chi connectivity index (χ1v) is 13.8. The molecule has 2 aliphatic heterocycles. The van der Waals surface area contributed by atoms with Crippen LogP contribution in [0.15, 0.2) is 65.9 Å². The molecule has 1 saturated heterocycles. The van der Waals surface area contributed by atoms with Gasteiger partial charge in [-0.15, -0.1) is 0 Å². The number of hydrogen-bond acceptors (Lipinski definition) is 6. The average Bonchev–Trinajstić information content (AvgIpc) is 3.17. The summed E-state index contributed by atoms with van der Waals surface area (Å²) in [5, 5.41) is 5.93. The van der Waals surface area contributed by atoms with E-state index in [0.717, 1.165) is 13.0 Å². The molecule has 0 radical (unpaired) electrons. The smallest absolute Gasteiger partial charge is 0.338 e. The summed E-state index contributed by atoms with van der Waals surface area (Å²) < 4.78 is 11.5. The topological polar surface area (TPSA) is 103 Å². The van der Waals surface area contributed by atoms with Crippen LogP contribution in [0.2, 0.25) is 0 Å². The molecule has 0 aliphatic carbocycles. The lowest BCUT2D eigenvalue weighted by Crippen LogP contribution is -2.49. The van der Waals surface area contributed by atoms with Gasteiger partial charge in [-0.3, -0.25) is 9.80 Å². The predicted molar refractivity (Wildman–Crippen MR) is 152 cm³/mol. The number of hydrogen-bond donors (Lipinski definition) is 2. The second kappa shape index (κ2) is 13.3. The standard InChI is InChI=1S/C30H39N5O5/c1-5-39-28(36)26-25(20-34-15-10-16-35(18-17-34)30(38)31-21(2)3)33(4)29(37)32-27(26)22-11-9-14-24(19-22)40-23-12-7-6-8-13-23/h6-9,11-14,19,21,27H,5,10,15-18,20H2,1-4H3,(H,31,38)(H,32,37). The number of esters is 1. The minimum Gasteiger partial charge on any atom is -0.463 e. The van der Waals surface area contributed by atoms with Crippen molar-refractivity contribution < 1.29 is 23.9 Å². The van der Waals surface area contributed by atoms with Crippen LogP contribution >= 0.6 is 0 Å². The van der Waals surface area contributed by atoms with Gasteiger partial charge >= 0.3 is 18.0 Å². The number of urea groups is 2. The fourth-order valence-corrected chi connectivity index (χ4v) is 4.91. The van der Waals surface area contributed by atoms with E-state index in [2.05, 4.69) is 15.5 Å². The number of ether oxygens (including phenoxy) is 2. The van der Waals surface area contributed by atoms with E-state index in [-0.39, 0.29) is 24.7 Å². The van der Waals surface area contributed by atoms with Gasteiger partial charge in [0.1, 0.15) is 11.5 Å². The summed E-state index contributed by atoms with van der Waals surface area (Å²) in [6.45, 7) is 8.76. The predicted octanol–water partition coefficient (Wildman–Crippen LogP) is 4.12. The molecule has 1 fully saturated rings. The van der Waals surface area contributed by atoms with Crippen LogP contribution in [-0.2, 0) is 9.53 Å². The Morgan fingerprint density at radius 2 is 1.77 bits per heavy atom. The number of rotatable bonds is 8. The number of benzene rings is 2. The zero-order valence-electron chi connectivity index (χ0n) is 23.7. The van der Waals surface area contributed by atoms with Gasteiger partial charge in [-0.2, -0.15) is 0 Å². The molecule has 2 aliphatic rings. The van der Waals surface area contributed by atoms with Crippen molar-refractivity contribution in [1.29, 1.82) is 0 Å². The third kappa shape index (κ3) is 7.12. The molecule has 2 heterocycles. The Hall–Kier alpha value is -4.05. The number of carbonyl (C=O) groups is 3. The summed E-state index contributed by atoms with van der Waals surface area (Å²) in [6, 6.07) is 15.8. The molecule has 1 atom stereocenters. The molecule has 4 rings (SSSR count). The normalized spacial score (nSPS) is 18.3. The zero-order chi connectivity index (χ0) is 28.6. The van der Waals surface area contributed by atoms with Crippen LogP contribution in [-0.4, -0.2) is 85.2 Å². The molecule has 214 valence electrons. The number of para-hydroxylation sites is 1. The lowest BCUT2D eigenvalue weighted by Gasteiger charge is -2.36. The zero-order valence-corrected chi connectivity index (χ0v) is 23.7. The third-order valence-corrected chi connectivity index (χ3v) is 6.90. The van der Waals surface area contributed by atoms with Gasteiger partial charge < -0.3 is 25.0 Å². The van der Waals surface area contributed by atoms with Crippen LogP contribution in [0.5, 0.6) is 11.5 Å². The SMILES string of the molecule is CCOC(=O)C1=C(CN2CCCN(C(=O)NC(C)C)CC2)N(C)C(=O)NC1c1cccc(Oc2ccccc2)c1. The Morgan fingerprint density at radius 3 is 2.50 bits per heavy atom. The number of likely N-dealkylation sites (N-methyl/N-ethyl adjacent to an activating group) is 1. The van der Waals surface area contributed by atoms with Crippen LogP contribution in [0.25, 0.3) is 0 Å². The minimum atomic E-state index is -0.711. The Labute approximate surface area is 235 Å². The fraction of sp³-hybridized carbons (Fsp3) is 0.433. The van der Waals surface area contributed by atoms with E-state index < -0.39 is 12.0 Å². The molecule has 0 bridgehead atoms. The van der Waals surface area contributed by atoms with Crippen molar-refractivity contribution in [3.8, 4) is 11.5 Å². The van der Waals surface area contributed by atoms with Crippen molar-refractivity contribution >= 4 is 18.0 Å². The molecule has 0 aromatic heterocycles. The first-order chi connectivity index (χ1) is 19.3. The quantitative estimate of drug-likeness (QED) is 0.481. The van der Waals surface area contributed by atoms with Crippen LogP contribution in [0, 0.1) is 0 Å². The van der Waals surface area contributed by atoms with E-state index in [1.807, 2.05) is 73.3 Å². The van der Waals surface area contributed by atoms with Gasteiger partial charge in [-0.05, 0) is 57.0 Å². The Kier molecular flexibility index (Phi) is 9.65. The van der Waals surface area contributed by atoms with Crippen molar-refractivity contribution in [3.05, 3.63) is 71.4 Å². The van der Waals surface area contributed by atoms with E-state index in [4.69, 9.17) is 9.47 Å². The van der Waals surface area contributed by atoms with Crippen LogP contribution < -0.4 is 15.4 Å². The van der Waals surface area contributed by atoms with Gasteiger partial charge in [0, 0.05) is 51.5 Å². The van der Waals surface area contributed by atoms with Crippen molar-refractivity contribution in [2.24, 2.45) is 0 Å². The Balaban J connectivity index is 1.62. The van der Waals surface area contributed by atoms with Crippen LogP contribution in [0.4, 0.5) is 9.59 Å². The van der Waals surface area contributed by atoms with Crippen molar-refractivity contribution in [1.82, 2.24) is 25.3 Å². The highest BCUT2D eigenvalue weighted by molar-refractivity contribution is 5.95. The summed E-state index contributed by atoms with van der Waals surface area (Å²) in [6.07, 6.45) is 0.783. The highest BCUT2D eigenvalue weighted by atomic mass is 16.5. The second-order valence-electron chi connectivity index (χ2n) is 10.2. The maximum absolute atomic E-state index is 13.4. The van der Waals surface area contributed by atoms with Gasteiger partial charge in [0.25, 0.3) is 0 Å². The number of amides is 4. The van der Waals surface area contributed by atoms with Crippen molar-refractivity contribution in [2.45, 2.75) is 39.3 Å². The molecule has 2 N–H and O–H groups in total. The number of nitrogens with zero attached hydrogens (tertiary/aromatic N) is 3. The second-order valence-corrected chi connectivity index (χ2v) is 10.2. The molecule has 0 spiro atoms. The first kappa shape index (κ1) is 28.9. The molecular formula is C30H39N5O5. The summed E-state index contributed by atoms with van der Waals surface area (Å²) >= 11 is 0. The summed E-state index contributed by atoms with van der Waals surface area (Å²) in [5.41, 5.74) is 1.68. The highest BCUT2D eigenvalue weighted by Crippen LogP contribution is 2.34. The molecule has 10 nitrogen and oxygen atoms in total. The van der Waals surface area contributed by atoms with E-state index in [9.17, 15) is 14.4 Å². The van der Waals surface area contributed by atoms with Crippen LogP contribution in [0.1, 0.15) is 38.8 Å². The molecule has 40 heavy (non-hydrogen) atoms. The highest BCUT2D eigenvalue weighted by Gasteiger charge is 2.37. The van der Waals surface area contributed by atoms with E-state index in [1.165, 1.54) is 4.90 Å². The van der Waals surface area contributed by atoms with Gasteiger partial charge in [-0.25, -0.2) is 14.4 Å². The largest absolute Gasteiger partial charge is 0.463 e. The number of nitrogens with one attached hydrogen (secondary N) is 2. The van der Waals surface area contributed by atoms with Crippen LogP contribution in [0.3, 0.4) is 0 Å². The summed E-state index contributed by atoms with van der Waals surface area (Å²) in [7, 11) is 1.66. The summed E-state index contributed by atoms with van der Waals surface area (Å²) in [4.78, 5) is 44.6. The fourth-order valence-electron chi connectivity index (χ4n) is 4.91. The van der Waals surface area contributed by atoms with Crippen molar-refractivity contribution in [3.63, 3.8) is 0 Å². The maximum Gasteiger partial charge on any atom is 0.338 e. The molecule has 1 unspecified atom stereocenters. The number of carbonyl (C=O) groups excluding carboxylic acids is 3. The molecule has 10 heteroatoms. The molecular weight excluding hydrogens is 510 g/mol. The van der Waals surface area contributed by atoms with Gasteiger partial charge in [0.05, 0.1) is 18.2 Å². The van der Waals surface area contributed by atoms with Gasteiger partial charge in [-0.1, -0.05) is 30.3 Å². The van der Waals surface area contributed by atoms with Gasteiger partial charge in [0.2, 0.25) is 0 Å². The van der Waals surface area contributed by atoms with E-state index >= 15 is 0 Å². The lowest BCUT2D eigenvalue weighted by molar-refractivity contribution is -0.139. The molecule has 2 aromatic rings. The monoisotopic (exact) mass is 549 g/mol. The summed E-state index contributed by atoms with van der Waals surface area (Å²) in [5.74, 6) is 0.802. The maximum atomic E-state index is 13.4. The van der Waals surface area contributed by atoms with Gasteiger partial charge in [0.15, 0.2) is 0 Å². The molecule has 4 amide bonds. The Bertz CT molecular complexity index is 1230. The van der Waals surface area contributed by atoms with E-state index in [1.54, 1.807) is 14.0 Å². The third-order valence-electron chi connectivity index (χ3n) is 6.90.